The molecule has 0 saturated carbocycles. The molecule has 1 nitrogen and oxygen atoms in total. The fourth-order valence-electron chi connectivity index (χ4n) is 1.93. The number of unbranched alkanes of at least 4 members (excludes halogenated alkanes) is 2. The van der Waals surface area contributed by atoms with Gasteiger partial charge in [0.2, 0.25) is 0 Å². The Morgan fingerprint density at radius 1 is 1.18 bits per heavy atom. The highest BCUT2D eigenvalue weighted by molar-refractivity contribution is 7.80. The van der Waals surface area contributed by atoms with E-state index in [0.29, 0.717) is 5.92 Å². The highest BCUT2D eigenvalue weighted by Gasteiger charge is 2.11. The molecule has 0 radical (unpaired) electrons. The summed E-state index contributed by atoms with van der Waals surface area (Å²) in [5, 5.41) is 3.35. The third-order valence-corrected chi connectivity index (χ3v) is 3.50. The van der Waals surface area contributed by atoms with Gasteiger partial charge in [-0.15, -0.1) is 0 Å². The minimum absolute atomic E-state index is 0.525. The van der Waals surface area contributed by atoms with Crippen LogP contribution in [-0.4, -0.2) is 4.99 Å². The Bertz CT molecular complexity index is 321. The molecule has 2 heteroatoms. The van der Waals surface area contributed by atoms with E-state index in [1.54, 1.807) is 0 Å². The van der Waals surface area contributed by atoms with Gasteiger partial charge in [0.1, 0.15) is 0 Å². The Morgan fingerprint density at radius 3 is 2.47 bits per heavy atom. The molecule has 0 aliphatic carbocycles. The lowest BCUT2D eigenvalue weighted by Gasteiger charge is -2.17. The van der Waals surface area contributed by atoms with E-state index in [4.69, 9.17) is 12.2 Å². The van der Waals surface area contributed by atoms with Crippen molar-refractivity contribution in [1.29, 1.82) is 0 Å². The van der Waals surface area contributed by atoms with Crippen LogP contribution in [0.5, 0.6) is 0 Å². The van der Waals surface area contributed by atoms with E-state index in [-0.39, 0.29) is 0 Å². The van der Waals surface area contributed by atoms with Gasteiger partial charge in [-0.2, -0.15) is 0 Å². The zero-order chi connectivity index (χ0) is 12.5. The van der Waals surface area contributed by atoms with Crippen LogP contribution in [0, 0.1) is 5.92 Å². The van der Waals surface area contributed by atoms with E-state index >= 15 is 0 Å². The fraction of sp³-hybridized carbons (Fsp3) is 0.533. The van der Waals surface area contributed by atoms with Gasteiger partial charge < -0.3 is 5.32 Å². The predicted octanol–water partition coefficient (Wildman–Crippen LogP) is 5.03. The molecule has 1 aromatic carbocycles. The van der Waals surface area contributed by atoms with Crippen molar-refractivity contribution < 1.29 is 0 Å². The molecule has 1 rings (SSSR count). The number of nitrogens with one attached hydrogen (secondary N) is 1. The van der Waals surface area contributed by atoms with Gasteiger partial charge in [0.05, 0.1) is 4.99 Å². The van der Waals surface area contributed by atoms with Gasteiger partial charge in [-0.1, -0.05) is 63.5 Å². The van der Waals surface area contributed by atoms with Crippen molar-refractivity contribution in [1.82, 2.24) is 0 Å². The summed E-state index contributed by atoms with van der Waals surface area (Å²) in [5.41, 5.74) is 1.10. The Kier molecular flexibility index (Phi) is 6.87. The summed E-state index contributed by atoms with van der Waals surface area (Å²) in [6.45, 7) is 4.46. The van der Waals surface area contributed by atoms with Gasteiger partial charge in [0, 0.05) is 11.6 Å². The maximum Gasteiger partial charge on any atom is 0.0828 e. The molecule has 17 heavy (non-hydrogen) atoms. The van der Waals surface area contributed by atoms with Crippen LogP contribution < -0.4 is 5.32 Å². The monoisotopic (exact) mass is 249 g/mol. The molecule has 0 amide bonds. The standard InChI is InChI=1S/C15H23NS/c1-3-5-7-10-13(4-2)15(17)16-14-11-8-6-9-12-14/h6,8-9,11-13H,3-5,7,10H2,1-2H3,(H,16,17). The second-order valence-corrected chi connectivity index (χ2v) is 4.90. The molecule has 1 N–H and O–H groups in total. The van der Waals surface area contributed by atoms with Crippen LogP contribution in [-0.2, 0) is 0 Å². The van der Waals surface area contributed by atoms with Crippen molar-refractivity contribution in [3.63, 3.8) is 0 Å². The fourth-order valence-corrected chi connectivity index (χ4v) is 2.33. The smallest absolute Gasteiger partial charge is 0.0828 e. The van der Waals surface area contributed by atoms with E-state index in [9.17, 15) is 0 Å². The van der Waals surface area contributed by atoms with Crippen molar-refractivity contribution in [3.8, 4) is 0 Å². The van der Waals surface area contributed by atoms with Gasteiger partial charge in [-0.05, 0) is 25.0 Å². The van der Waals surface area contributed by atoms with E-state index in [1.807, 2.05) is 18.2 Å². The topological polar surface area (TPSA) is 12.0 Å². The van der Waals surface area contributed by atoms with E-state index < -0.39 is 0 Å². The molecule has 0 spiro atoms. The second kappa shape index (κ2) is 8.24. The number of anilines is 1. The Hall–Kier alpha value is -0.890. The van der Waals surface area contributed by atoms with Crippen LogP contribution in [0.4, 0.5) is 5.69 Å². The first kappa shape index (κ1) is 14.2. The molecule has 0 aliphatic rings. The summed E-state index contributed by atoms with van der Waals surface area (Å²) in [4.78, 5) is 0.995. The molecule has 0 bridgehead atoms. The molecule has 0 saturated heterocycles. The van der Waals surface area contributed by atoms with Crippen LogP contribution in [0.15, 0.2) is 30.3 Å². The summed E-state index contributed by atoms with van der Waals surface area (Å²) < 4.78 is 0. The third-order valence-electron chi connectivity index (χ3n) is 3.06. The molecule has 0 aromatic heterocycles. The van der Waals surface area contributed by atoms with Crippen molar-refractivity contribution in [2.45, 2.75) is 46.0 Å². The van der Waals surface area contributed by atoms with Gasteiger partial charge in [0.25, 0.3) is 0 Å². The highest BCUT2D eigenvalue weighted by atomic mass is 32.1. The Morgan fingerprint density at radius 2 is 1.88 bits per heavy atom. The zero-order valence-corrected chi connectivity index (χ0v) is 11.7. The zero-order valence-electron chi connectivity index (χ0n) is 10.9. The van der Waals surface area contributed by atoms with Crippen LogP contribution >= 0.6 is 12.2 Å². The third kappa shape index (κ3) is 5.31. The first-order valence-corrected chi connectivity index (χ1v) is 7.04. The van der Waals surface area contributed by atoms with Gasteiger partial charge in [0.15, 0.2) is 0 Å². The number of benzene rings is 1. The number of thiocarbonyl (C=S) groups is 1. The Labute approximate surface area is 111 Å². The number of hydrogen-bond acceptors (Lipinski definition) is 1. The average Bonchev–Trinajstić information content (AvgIpc) is 2.36. The van der Waals surface area contributed by atoms with Crippen molar-refractivity contribution >= 4 is 22.9 Å². The van der Waals surface area contributed by atoms with Gasteiger partial charge >= 0.3 is 0 Å². The summed E-state index contributed by atoms with van der Waals surface area (Å²) in [6.07, 6.45) is 6.21. The predicted molar refractivity (Wildman–Crippen MR) is 80.6 cm³/mol. The molecule has 1 aromatic rings. The first-order chi connectivity index (χ1) is 8.27. The lowest BCUT2D eigenvalue weighted by Crippen LogP contribution is -2.20. The molecule has 1 unspecified atom stereocenters. The summed E-state index contributed by atoms with van der Waals surface area (Å²) in [5.74, 6) is 0.525. The van der Waals surface area contributed by atoms with Gasteiger partial charge in [-0.25, -0.2) is 0 Å². The lowest BCUT2D eigenvalue weighted by atomic mass is 9.98. The van der Waals surface area contributed by atoms with Crippen molar-refractivity contribution in [3.05, 3.63) is 30.3 Å². The van der Waals surface area contributed by atoms with Crippen LogP contribution in [0.25, 0.3) is 0 Å². The van der Waals surface area contributed by atoms with Gasteiger partial charge in [-0.3, -0.25) is 0 Å². The summed E-state index contributed by atoms with van der Waals surface area (Å²) in [7, 11) is 0. The number of hydrogen-bond donors (Lipinski definition) is 1. The van der Waals surface area contributed by atoms with E-state index in [1.165, 1.54) is 25.7 Å². The largest absolute Gasteiger partial charge is 0.350 e. The molecular weight excluding hydrogens is 226 g/mol. The second-order valence-electron chi connectivity index (χ2n) is 4.46. The van der Waals surface area contributed by atoms with E-state index in [0.717, 1.165) is 17.1 Å². The highest BCUT2D eigenvalue weighted by Crippen LogP contribution is 2.17. The Balaban J connectivity index is 2.43. The van der Waals surface area contributed by atoms with E-state index in [2.05, 4.69) is 31.3 Å². The molecule has 0 aliphatic heterocycles. The molecular formula is C15H23NS. The minimum atomic E-state index is 0.525. The minimum Gasteiger partial charge on any atom is -0.350 e. The maximum atomic E-state index is 5.50. The molecule has 0 fully saturated rings. The normalized spacial score (nSPS) is 12.1. The average molecular weight is 249 g/mol. The van der Waals surface area contributed by atoms with Crippen LogP contribution in [0.1, 0.15) is 46.0 Å². The van der Waals surface area contributed by atoms with Crippen LogP contribution in [0.3, 0.4) is 0 Å². The molecule has 1 atom stereocenters. The first-order valence-electron chi connectivity index (χ1n) is 6.63. The number of para-hydroxylation sites is 1. The van der Waals surface area contributed by atoms with Crippen molar-refractivity contribution in [2.75, 3.05) is 5.32 Å². The van der Waals surface area contributed by atoms with Crippen molar-refractivity contribution in [2.24, 2.45) is 5.92 Å². The SMILES string of the molecule is CCCCCC(CC)C(=S)Nc1ccccc1. The van der Waals surface area contributed by atoms with Crippen LogP contribution in [0.2, 0.25) is 0 Å². The maximum absolute atomic E-state index is 5.50. The summed E-state index contributed by atoms with van der Waals surface area (Å²) >= 11 is 5.50. The lowest BCUT2D eigenvalue weighted by molar-refractivity contribution is 0.555. The number of rotatable bonds is 7. The quantitative estimate of drug-likeness (QED) is 0.537. The molecule has 94 valence electrons. The summed E-state index contributed by atoms with van der Waals surface area (Å²) in [6, 6.07) is 10.2. The molecule has 0 heterocycles.